The summed E-state index contributed by atoms with van der Waals surface area (Å²) >= 11 is 12.3. The van der Waals surface area contributed by atoms with E-state index in [1.807, 2.05) is 12.1 Å². The summed E-state index contributed by atoms with van der Waals surface area (Å²) in [6.07, 6.45) is 8.65. The average molecular weight is 323 g/mol. The molecule has 1 nitrogen and oxygen atoms in total. The molecule has 0 atom stereocenters. The minimum atomic E-state index is 0.185. The fraction of sp³-hybridized carbons (Fsp3) is 0.611. The molecule has 0 aromatic heterocycles. The Morgan fingerprint density at radius 2 is 1.62 bits per heavy atom. The van der Waals surface area contributed by atoms with E-state index in [1.54, 1.807) is 6.07 Å². The second-order valence-corrected chi connectivity index (χ2v) is 8.40. The molecule has 4 saturated carbocycles. The molecule has 5 rings (SSSR count). The van der Waals surface area contributed by atoms with E-state index in [1.165, 1.54) is 38.5 Å². The van der Waals surface area contributed by atoms with Crippen LogP contribution in [0.1, 0.15) is 55.3 Å². The quantitative estimate of drug-likeness (QED) is 0.644. The molecule has 4 fully saturated rings. The van der Waals surface area contributed by atoms with Gasteiger partial charge in [-0.2, -0.15) is 0 Å². The molecule has 3 heteroatoms. The van der Waals surface area contributed by atoms with Crippen molar-refractivity contribution in [2.45, 2.75) is 44.9 Å². The molecular formula is C18H20Cl2O. The molecule has 4 aliphatic rings. The van der Waals surface area contributed by atoms with E-state index in [-0.39, 0.29) is 11.2 Å². The Hall–Kier alpha value is -0.530. The van der Waals surface area contributed by atoms with Crippen molar-refractivity contribution in [3.63, 3.8) is 0 Å². The summed E-state index contributed by atoms with van der Waals surface area (Å²) in [4.78, 5) is 12.8. The summed E-state index contributed by atoms with van der Waals surface area (Å²) in [5, 5.41) is 0.905. The summed E-state index contributed by atoms with van der Waals surface area (Å²) in [5.41, 5.74) is 0.872. The molecule has 1 aromatic carbocycles. The van der Waals surface area contributed by atoms with Crippen LogP contribution in [-0.2, 0) is 0 Å². The Balaban J connectivity index is 1.58. The van der Waals surface area contributed by atoms with Gasteiger partial charge >= 0.3 is 0 Å². The molecule has 21 heavy (non-hydrogen) atoms. The Labute approximate surface area is 136 Å². The Morgan fingerprint density at radius 3 is 2.19 bits per heavy atom. The number of hydrogen-bond donors (Lipinski definition) is 0. The van der Waals surface area contributed by atoms with Crippen molar-refractivity contribution in [2.24, 2.45) is 23.2 Å². The number of rotatable bonds is 3. The van der Waals surface area contributed by atoms with Crippen molar-refractivity contribution in [1.29, 1.82) is 0 Å². The van der Waals surface area contributed by atoms with Crippen LogP contribution in [0.25, 0.3) is 0 Å². The third-order valence-corrected chi connectivity index (χ3v) is 6.77. The first-order valence-electron chi connectivity index (χ1n) is 8.02. The number of hydrogen-bond acceptors (Lipinski definition) is 1. The topological polar surface area (TPSA) is 17.1 Å². The summed E-state index contributed by atoms with van der Waals surface area (Å²) < 4.78 is 0. The molecule has 4 bridgehead atoms. The predicted molar refractivity (Wildman–Crippen MR) is 86.0 cm³/mol. The molecular weight excluding hydrogens is 303 g/mol. The lowest BCUT2D eigenvalue weighted by Crippen LogP contribution is -2.46. The van der Waals surface area contributed by atoms with Gasteiger partial charge in [-0.15, -0.1) is 0 Å². The Bertz CT molecular complexity index is 558. The number of ketones is 1. The molecule has 1 aromatic rings. The summed E-state index contributed by atoms with van der Waals surface area (Å²) in [7, 11) is 0. The molecule has 0 saturated heterocycles. The van der Waals surface area contributed by atoms with E-state index >= 15 is 0 Å². The zero-order valence-corrected chi connectivity index (χ0v) is 13.6. The zero-order valence-electron chi connectivity index (χ0n) is 12.1. The van der Waals surface area contributed by atoms with Crippen LogP contribution in [0.3, 0.4) is 0 Å². The minimum absolute atomic E-state index is 0.185. The van der Waals surface area contributed by atoms with Crippen molar-refractivity contribution >= 4 is 29.0 Å². The van der Waals surface area contributed by atoms with Crippen molar-refractivity contribution in [3.05, 3.63) is 33.8 Å². The van der Waals surface area contributed by atoms with Crippen LogP contribution < -0.4 is 0 Å². The second-order valence-electron chi connectivity index (χ2n) is 7.62. The molecule has 0 unspecified atom stereocenters. The van der Waals surface area contributed by atoms with Crippen molar-refractivity contribution in [3.8, 4) is 0 Å². The highest BCUT2D eigenvalue weighted by molar-refractivity contribution is 6.43. The minimum Gasteiger partial charge on any atom is -0.294 e. The third kappa shape index (κ3) is 2.43. The second kappa shape index (κ2) is 4.99. The van der Waals surface area contributed by atoms with Gasteiger partial charge in [0.25, 0.3) is 0 Å². The number of Topliss-reactive ketones (excluding diaryl/α,β-unsaturated/α-hetero) is 1. The molecule has 0 spiro atoms. The molecule has 4 aliphatic carbocycles. The van der Waals surface area contributed by atoms with Crippen LogP contribution in [0.15, 0.2) is 18.2 Å². The molecule has 0 N–H and O–H groups in total. The maximum Gasteiger partial charge on any atom is 0.164 e. The van der Waals surface area contributed by atoms with Crippen LogP contribution in [0, 0.1) is 23.2 Å². The van der Waals surface area contributed by atoms with E-state index in [9.17, 15) is 4.79 Å². The van der Waals surface area contributed by atoms with Crippen LogP contribution in [0.2, 0.25) is 10.0 Å². The molecule has 0 heterocycles. The summed E-state index contributed by atoms with van der Waals surface area (Å²) in [6, 6.07) is 5.38. The van der Waals surface area contributed by atoms with Crippen LogP contribution in [0.5, 0.6) is 0 Å². The third-order valence-electron chi connectivity index (χ3n) is 5.95. The van der Waals surface area contributed by atoms with E-state index in [0.717, 1.165) is 17.8 Å². The van der Waals surface area contributed by atoms with Gasteiger partial charge in [0, 0.05) is 12.0 Å². The number of carbonyl (C=O) groups excluding carboxylic acids is 1. The first-order valence-corrected chi connectivity index (χ1v) is 8.77. The fourth-order valence-corrected chi connectivity index (χ4v) is 6.07. The fourth-order valence-electron chi connectivity index (χ4n) is 5.66. The molecule has 0 amide bonds. The highest BCUT2D eigenvalue weighted by Crippen LogP contribution is 2.61. The molecule has 112 valence electrons. The van der Waals surface area contributed by atoms with Gasteiger partial charge in [-0.3, -0.25) is 4.79 Å². The number of benzene rings is 1. The van der Waals surface area contributed by atoms with E-state index < -0.39 is 0 Å². The lowest BCUT2D eigenvalue weighted by Gasteiger charge is -2.56. The van der Waals surface area contributed by atoms with Crippen molar-refractivity contribution in [2.75, 3.05) is 0 Å². The summed E-state index contributed by atoms with van der Waals surface area (Å²) in [6.45, 7) is 0. The van der Waals surface area contributed by atoms with Gasteiger partial charge in [-0.25, -0.2) is 0 Å². The highest BCUT2D eigenvalue weighted by Gasteiger charge is 2.51. The maximum atomic E-state index is 12.8. The first-order chi connectivity index (χ1) is 10.0. The first kappa shape index (κ1) is 14.1. The largest absolute Gasteiger partial charge is 0.294 e. The molecule has 0 radical (unpaired) electrons. The van der Waals surface area contributed by atoms with Gasteiger partial charge in [-0.05, 0) is 73.8 Å². The standard InChI is InChI=1S/C18H20Cl2O/c19-15-3-1-2-14(17(15)20)16(21)10-18-7-11-4-12(8-18)6-13(5-11)9-18/h1-3,11-13H,4-10H2. The van der Waals surface area contributed by atoms with Crippen molar-refractivity contribution < 1.29 is 4.79 Å². The van der Waals surface area contributed by atoms with Gasteiger partial charge in [0.1, 0.15) is 0 Å². The van der Waals surface area contributed by atoms with E-state index in [2.05, 4.69) is 0 Å². The lowest BCUT2D eigenvalue weighted by molar-refractivity contribution is -0.0524. The van der Waals surface area contributed by atoms with Crippen LogP contribution >= 0.6 is 23.2 Å². The Morgan fingerprint density at radius 1 is 1.05 bits per heavy atom. The van der Waals surface area contributed by atoms with Gasteiger partial charge in [0.05, 0.1) is 10.0 Å². The predicted octanol–water partition coefficient (Wildman–Crippen LogP) is 5.78. The van der Waals surface area contributed by atoms with Gasteiger partial charge < -0.3 is 0 Å². The molecule has 0 aliphatic heterocycles. The van der Waals surface area contributed by atoms with Crippen molar-refractivity contribution in [1.82, 2.24) is 0 Å². The van der Waals surface area contributed by atoms with Gasteiger partial charge in [0.15, 0.2) is 5.78 Å². The lowest BCUT2D eigenvalue weighted by atomic mass is 9.48. The Kier molecular flexibility index (Phi) is 3.35. The van der Waals surface area contributed by atoms with Crippen LogP contribution in [0.4, 0.5) is 0 Å². The average Bonchev–Trinajstić information content (AvgIpc) is 2.39. The van der Waals surface area contributed by atoms with E-state index in [4.69, 9.17) is 23.2 Å². The normalized spacial score (nSPS) is 37.0. The summed E-state index contributed by atoms with van der Waals surface area (Å²) in [5.74, 6) is 2.81. The number of halogens is 2. The number of carbonyl (C=O) groups is 1. The van der Waals surface area contributed by atoms with Gasteiger partial charge in [0.2, 0.25) is 0 Å². The van der Waals surface area contributed by atoms with Gasteiger partial charge in [-0.1, -0.05) is 29.3 Å². The van der Waals surface area contributed by atoms with Crippen LogP contribution in [-0.4, -0.2) is 5.78 Å². The monoisotopic (exact) mass is 322 g/mol. The smallest absolute Gasteiger partial charge is 0.164 e. The highest BCUT2D eigenvalue weighted by atomic mass is 35.5. The zero-order chi connectivity index (χ0) is 14.6. The SMILES string of the molecule is O=C(CC12CC3CC(CC(C3)C1)C2)c1cccc(Cl)c1Cl. The maximum absolute atomic E-state index is 12.8. The van der Waals surface area contributed by atoms with E-state index in [0.29, 0.717) is 22.0 Å².